The van der Waals surface area contributed by atoms with E-state index in [2.05, 4.69) is 0 Å². The molecule has 0 saturated carbocycles. The molecule has 0 fully saturated rings. The van der Waals surface area contributed by atoms with Crippen molar-refractivity contribution < 1.29 is 17.6 Å². The fourth-order valence-electron chi connectivity index (χ4n) is 1.49. The number of benzene rings is 2. The molecule has 0 unspecified atom stereocenters. The quantitative estimate of drug-likeness (QED) is 0.815. The first-order valence-electron chi connectivity index (χ1n) is 6.30. The van der Waals surface area contributed by atoms with Crippen molar-refractivity contribution >= 4 is 5.69 Å². The molecule has 0 radical (unpaired) electrons. The van der Waals surface area contributed by atoms with E-state index in [0.29, 0.717) is 5.56 Å². The van der Waals surface area contributed by atoms with Gasteiger partial charge in [-0.2, -0.15) is 0 Å². The molecule has 2 aromatic carbocycles. The van der Waals surface area contributed by atoms with Gasteiger partial charge in [-0.15, -0.1) is 0 Å². The van der Waals surface area contributed by atoms with Crippen molar-refractivity contribution in [3.8, 4) is 16.9 Å². The van der Waals surface area contributed by atoms with Crippen LogP contribution in [0.5, 0.6) is 5.75 Å². The molecule has 17 heavy (non-hydrogen) atoms. The maximum Gasteiger partial charge on any atom is 0.149 e. The maximum atomic E-state index is 13.4. The van der Waals surface area contributed by atoms with E-state index >= 15 is 0 Å². The SMILES string of the molecule is [2H]C([2H])([2H])Oc1cccc(-c2cc(F)c(N)c(F)c2)c1. The molecule has 2 rings (SSSR count). The van der Waals surface area contributed by atoms with Gasteiger partial charge < -0.3 is 10.5 Å². The molecule has 88 valence electrons. The first kappa shape index (κ1) is 8.06. The van der Waals surface area contributed by atoms with E-state index in [1.54, 1.807) is 6.07 Å². The Morgan fingerprint density at radius 1 is 1.12 bits per heavy atom. The standard InChI is InChI=1S/C13H11F2NO/c1-17-10-4-2-3-8(5-10)9-6-11(14)13(16)12(15)7-9/h2-7H,16H2,1H3/i1D3. The third-order valence-electron chi connectivity index (χ3n) is 2.36. The molecule has 0 aliphatic heterocycles. The molecule has 0 aliphatic carbocycles. The van der Waals surface area contributed by atoms with Crippen LogP contribution in [0.2, 0.25) is 0 Å². The highest BCUT2D eigenvalue weighted by Gasteiger charge is 2.09. The summed E-state index contributed by atoms with van der Waals surface area (Å²) in [6, 6.07) is 8.09. The average Bonchev–Trinajstić information content (AvgIpc) is 2.33. The Morgan fingerprint density at radius 2 is 1.82 bits per heavy atom. The van der Waals surface area contributed by atoms with Gasteiger partial charge >= 0.3 is 0 Å². The Kier molecular flexibility index (Phi) is 2.09. The van der Waals surface area contributed by atoms with Crippen LogP contribution in [0.25, 0.3) is 11.1 Å². The number of hydrogen-bond acceptors (Lipinski definition) is 2. The van der Waals surface area contributed by atoms with Crippen LogP contribution in [-0.4, -0.2) is 7.04 Å². The van der Waals surface area contributed by atoms with Gasteiger partial charge in [0.05, 0.1) is 11.2 Å². The Morgan fingerprint density at radius 3 is 2.47 bits per heavy atom. The minimum Gasteiger partial charge on any atom is -0.497 e. The van der Waals surface area contributed by atoms with Crippen LogP contribution < -0.4 is 10.5 Å². The van der Waals surface area contributed by atoms with E-state index < -0.39 is 24.4 Å². The van der Waals surface area contributed by atoms with Gasteiger partial charge in [0.15, 0.2) is 0 Å². The molecule has 2 nitrogen and oxygen atoms in total. The second-order valence-corrected chi connectivity index (χ2v) is 3.48. The lowest BCUT2D eigenvalue weighted by Crippen LogP contribution is -1.96. The summed E-state index contributed by atoms with van der Waals surface area (Å²) in [6.45, 7) is 0. The molecule has 0 amide bonds. The third kappa shape index (κ3) is 2.20. The van der Waals surface area contributed by atoms with E-state index in [1.165, 1.54) is 18.2 Å². The fraction of sp³-hybridized carbons (Fsp3) is 0.0769. The molecule has 0 heterocycles. The molecule has 0 aliphatic rings. The van der Waals surface area contributed by atoms with Gasteiger partial charge in [0.2, 0.25) is 0 Å². The van der Waals surface area contributed by atoms with Gasteiger partial charge in [0.1, 0.15) is 23.1 Å². The van der Waals surface area contributed by atoms with Crippen LogP contribution in [0.4, 0.5) is 14.5 Å². The summed E-state index contributed by atoms with van der Waals surface area (Å²) in [6.07, 6.45) is 0. The van der Waals surface area contributed by atoms with Crippen molar-refractivity contribution in [1.82, 2.24) is 0 Å². The molecule has 0 atom stereocenters. The third-order valence-corrected chi connectivity index (χ3v) is 2.36. The lowest BCUT2D eigenvalue weighted by Gasteiger charge is -2.06. The van der Waals surface area contributed by atoms with Crippen LogP contribution >= 0.6 is 0 Å². The van der Waals surface area contributed by atoms with Crippen molar-refractivity contribution in [3.63, 3.8) is 0 Å². The van der Waals surface area contributed by atoms with Gasteiger partial charge in [-0.05, 0) is 35.4 Å². The summed E-state index contributed by atoms with van der Waals surface area (Å²) < 4.78 is 52.6. The zero-order valence-corrected chi connectivity index (χ0v) is 8.71. The molecule has 0 aromatic heterocycles. The van der Waals surface area contributed by atoms with Crippen LogP contribution in [0.1, 0.15) is 4.11 Å². The van der Waals surface area contributed by atoms with Crippen molar-refractivity contribution in [2.24, 2.45) is 0 Å². The number of rotatable bonds is 2. The second-order valence-electron chi connectivity index (χ2n) is 3.48. The summed E-state index contributed by atoms with van der Waals surface area (Å²) in [7, 11) is -2.59. The van der Waals surface area contributed by atoms with Gasteiger partial charge in [0, 0.05) is 0 Å². The molecule has 2 aromatic rings. The van der Waals surface area contributed by atoms with Crippen molar-refractivity contribution in [1.29, 1.82) is 0 Å². The van der Waals surface area contributed by atoms with Gasteiger partial charge in [-0.1, -0.05) is 12.1 Å². The number of anilines is 1. The van der Waals surface area contributed by atoms with E-state index in [0.717, 1.165) is 12.1 Å². The molecule has 2 N–H and O–H groups in total. The van der Waals surface area contributed by atoms with E-state index in [1.807, 2.05) is 0 Å². The molecular formula is C13H11F2NO. The normalized spacial score (nSPS) is 13.6. The largest absolute Gasteiger partial charge is 0.497 e. The molecule has 0 saturated heterocycles. The highest BCUT2D eigenvalue weighted by Crippen LogP contribution is 2.27. The molecule has 0 spiro atoms. The van der Waals surface area contributed by atoms with Crippen LogP contribution in [0, 0.1) is 11.6 Å². The minimum atomic E-state index is -2.59. The number of halogens is 2. The zero-order valence-electron chi connectivity index (χ0n) is 11.7. The Labute approximate surface area is 102 Å². The zero-order chi connectivity index (χ0) is 14.9. The van der Waals surface area contributed by atoms with Gasteiger partial charge in [-0.3, -0.25) is 0 Å². The van der Waals surface area contributed by atoms with E-state index in [4.69, 9.17) is 14.6 Å². The first-order chi connectivity index (χ1) is 9.26. The van der Waals surface area contributed by atoms with Crippen molar-refractivity contribution in [2.75, 3.05) is 12.8 Å². The lowest BCUT2D eigenvalue weighted by molar-refractivity contribution is 0.415. The predicted molar refractivity (Wildman–Crippen MR) is 62.8 cm³/mol. The lowest BCUT2D eigenvalue weighted by atomic mass is 10.0. The molecule has 4 heteroatoms. The second kappa shape index (κ2) is 4.41. The monoisotopic (exact) mass is 238 g/mol. The van der Waals surface area contributed by atoms with Crippen LogP contribution in [0.3, 0.4) is 0 Å². The summed E-state index contributed by atoms with van der Waals surface area (Å²) in [5.74, 6) is -1.66. The van der Waals surface area contributed by atoms with Crippen molar-refractivity contribution in [2.45, 2.75) is 0 Å². The molecule has 0 bridgehead atoms. The topological polar surface area (TPSA) is 35.2 Å². The van der Waals surface area contributed by atoms with Crippen LogP contribution in [-0.2, 0) is 0 Å². The number of nitrogens with two attached hydrogens (primary N) is 1. The minimum absolute atomic E-state index is 0.0835. The van der Waals surface area contributed by atoms with Gasteiger partial charge in [-0.25, -0.2) is 8.78 Å². The summed E-state index contributed by atoms with van der Waals surface area (Å²) >= 11 is 0. The summed E-state index contributed by atoms with van der Waals surface area (Å²) in [5.41, 5.74) is 5.30. The number of hydrogen-bond donors (Lipinski definition) is 1. The average molecular weight is 238 g/mol. The number of ether oxygens (including phenoxy) is 1. The summed E-state index contributed by atoms with van der Waals surface area (Å²) in [4.78, 5) is 0. The number of methoxy groups -OCH3 is 1. The Balaban J connectivity index is 2.41. The smallest absolute Gasteiger partial charge is 0.149 e. The van der Waals surface area contributed by atoms with E-state index in [-0.39, 0.29) is 11.3 Å². The maximum absolute atomic E-state index is 13.4. The van der Waals surface area contributed by atoms with Gasteiger partial charge in [0.25, 0.3) is 0 Å². The Hall–Kier alpha value is -2.10. The number of nitrogen functional groups attached to an aromatic ring is 1. The highest BCUT2D eigenvalue weighted by atomic mass is 19.1. The van der Waals surface area contributed by atoms with E-state index in [9.17, 15) is 8.78 Å². The molecular weight excluding hydrogens is 224 g/mol. The summed E-state index contributed by atoms with van der Waals surface area (Å²) in [5, 5.41) is 0. The highest BCUT2D eigenvalue weighted by molar-refractivity contribution is 5.67. The fourth-order valence-corrected chi connectivity index (χ4v) is 1.49. The predicted octanol–water partition coefficient (Wildman–Crippen LogP) is 3.22. The first-order valence-corrected chi connectivity index (χ1v) is 4.80. The van der Waals surface area contributed by atoms with Crippen LogP contribution in [0.15, 0.2) is 36.4 Å². The van der Waals surface area contributed by atoms with Crippen molar-refractivity contribution in [3.05, 3.63) is 48.0 Å². The Bertz CT molecular complexity index is 621.